The van der Waals surface area contributed by atoms with Gasteiger partial charge < -0.3 is 10.1 Å². The number of halogens is 1. The highest BCUT2D eigenvalue weighted by molar-refractivity contribution is 5.25. The van der Waals surface area contributed by atoms with E-state index in [1.165, 1.54) is 24.3 Å². The summed E-state index contributed by atoms with van der Waals surface area (Å²) in [6.45, 7) is 6.00. The highest BCUT2D eigenvalue weighted by atomic mass is 19.1. The van der Waals surface area contributed by atoms with Crippen LogP contribution in [0.15, 0.2) is 36.7 Å². The Balaban J connectivity index is 1.89. The van der Waals surface area contributed by atoms with Gasteiger partial charge in [-0.25, -0.2) is 14.4 Å². The van der Waals surface area contributed by atoms with Crippen molar-refractivity contribution in [3.05, 3.63) is 48.0 Å². The summed E-state index contributed by atoms with van der Waals surface area (Å²) in [7, 11) is 0. The predicted molar refractivity (Wildman–Crippen MR) is 75.1 cm³/mol. The first-order valence-electron chi connectivity index (χ1n) is 6.58. The maximum Gasteiger partial charge on any atom is 0.321 e. The van der Waals surface area contributed by atoms with E-state index in [-0.39, 0.29) is 11.8 Å². The lowest BCUT2D eigenvalue weighted by molar-refractivity contribution is 0.439. The van der Waals surface area contributed by atoms with Crippen LogP contribution in [0.5, 0.6) is 11.8 Å². The second-order valence-corrected chi connectivity index (χ2v) is 4.95. The Kier molecular flexibility index (Phi) is 5.01. The van der Waals surface area contributed by atoms with Gasteiger partial charge in [0.15, 0.2) is 0 Å². The van der Waals surface area contributed by atoms with Crippen molar-refractivity contribution in [2.45, 2.75) is 20.4 Å². The van der Waals surface area contributed by atoms with Gasteiger partial charge in [-0.1, -0.05) is 13.8 Å². The molecule has 2 rings (SSSR count). The molecule has 0 aliphatic heterocycles. The zero-order valence-electron chi connectivity index (χ0n) is 11.6. The molecule has 1 N–H and O–H groups in total. The van der Waals surface area contributed by atoms with Crippen molar-refractivity contribution in [3.8, 4) is 11.8 Å². The summed E-state index contributed by atoms with van der Waals surface area (Å²) in [6.07, 6.45) is 3.44. The summed E-state index contributed by atoms with van der Waals surface area (Å²) < 4.78 is 18.2. The Morgan fingerprint density at radius 3 is 2.40 bits per heavy atom. The standard InChI is InChI=1S/C15H18FN3O/c1-11(2)7-17-8-12-9-18-15(19-10-12)20-14-5-3-13(16)4-6-14/h3-6,9-11,17H,7-8H2,1-2H3. The maximum absolute atomic E-state index is 12.8. The zero-order valence-corrected chi connectivity index (χ0v) is 11.6. The van der Waals surface area contributed by atoms with E-state index in [9.17, 15) is 4.39 Å². The van der Waals surface area contributed by atoms with Crippen molar-refractivity contribution in [3.63, 3.8) is 0 Å². The first kappa shape index (κ1) is 14.4. The highest BCUT2D eigenvalue weighted by Gasteiger charge is 2.02. The van der Waals surface area contributed by atoms with Crippen LogP contribution in [0.3, 0.4) is 0 Å². The minimum atomic E-state index is -0.301. The van der Waals surface area contributed by atoms with E-state index in [2.05, 4.69) is 29.1 Å². The van der Waals surface area contributed by atoms with Crippen LogP contribution in [-0.2, 0) is 6.54 Å². The Morgan fingerprint density at radius 1 is 1.15 bits per heavy atom. The molecule has 0 fully saturated rings. The number of hydrogen-bond donors (Lipinski definition) is 1. The average Bonchev–Trinajstić information content (AvgIpc) is 2.43. The number of aromatic nitrogens is 2. The van der Waals surface area contributed by atoms with Crippen molar-refractivity contribution in [2.75, 3.05) is 6.54 Å². The van der Waals surface area contributed by atoms with Gasteiger partial charge in [-0.3, -0.25) is 0 Å². The third-order valence-electron chi connectivity index (χ3n) is 2.59. The molecule has 0 bridgehead atoms. The van der Waals surface area contributed by atoms with Crippen molar-refractivity contribution >= 4 is 0 Å². The van der Waals surface area contributed by atoms with Gasteiger partial charge >= 0.3 is 6.01 Å². The van der Waals surface area contributed by atoms with Crippen LogP contribution < -0.4 is 10.1 Å². The number of nitrogens with zero attached hydrogens (tertiary/aromatic N) is 2. The fraction of sp³-hybridized carbons (Fsp3) is 0.333. The molecule has 0 amide bonds. The molecule has 0 aliphatic carbocycles. The lowest BCUT2D eigenvalue weighted by Gasteiger charge is -2.07. The maximum atomic E-state index is 12.8. The third kappa shape index (κ3) is 4.59. The summed E-state index contributed by atoms with van der Waals surface area (Å²) in [5, 5.41) is 3.31. The molecule has 2 aromatic rings. The minimum absolute atomic E-state index is 0.254. The number of benzene rings is 1. The molecule has 1 aromatic heterocycles. The van der Waals surface area contributed by atoms with Crippen molar-refractivity contribution in [2.24, 2.45) is 5.92 Å². The highest BCUT2D eigenvalue weighted by Crippen LogP contribution is 2.17. The quantitative estimate of drug-likeness (QED) is 0.879. The monoisotopic (exact) mass is 275 g/mol. The van der Waals surface area contributed by atoms with Crippen LogP contribution in [0.2, 0.25) is 0 Å². The molecule has 0 unspecified atom stereocenters. The third-order valence-corrected chi connectivity index (χ3v) is 2.59. The van der Waals surface area contributed by atoms with Gasteiger partial charge in [0.25, 0.3) is 0 Å². The molecule has 5 heteroatoms. The Bertz CT molecular complexity index is 526. The molecule has 0 saturated carbocycles. The van der Waals surface area contributed by atoms with Crippen molar-refractivity contribution < 1.29 is 9.13 Å². The Morgan fingerprint density at radius 2 is 1.80 bits per heavy atom. The van der Waals surface area contributed by atoms with Crippen LogP contribution in [0.25, 0.3) is 0 Å². The summed E-state index contributed by atoms with van der Waals surface area (Å²) in [4.78, 5) is 8.25. The first-order valence-corrected chi connectivity index (χ1v) is 6.58. The molecule has 20 heavy (non-hydrogen) atoms. The van der Waals surface area contributed by atoms with Gasteiger partial charge in [0.05, 0.1) is 0 Å². The lowest BCUT2D eigenvalue weighted by Crippen LogP contribution is -2.19. The zero-order chi connectivity index (χ0) is 14.4. The van der Waals surface area contributed by atoms with Crippen LogP contribution >= 0.6 is 0 Å². The molecular formula is C15H18FN3O. The van der Waals surface area contributed by atoms with Crippen molar-refractivity contribution in [1.29, 1.82) is 0 Å². The number of ether oxygens (including phenoxy) is 1. The Labute approximate surface area is 118 Å². The van der Waals surface area contributed by atoms with E-state index in [0.29, 0.717) is 11.7 Å². The summed E-state index contributed by atoms with van der Waals surface area (Å²) in [5.41, 5.74) is 0.997. The largest absolute Gasteiger partial charge is 0.424 e. The van der Waals surface area contributed by atoms with Gasteiger partial charge in [0.1, 0.15) is 11.6 Å². The number of nitrogens with one attached hydrogen (secondary N) is 1. The van der Waals surface area contributed by atoms with Gasteiger partial charge in [-0.15, -0.1) is 0 Å². The Hall–Kier alpha value is -2.01. The summed E-state index contributed by atoms with van der Waals surface area (Å²) in [5.74, 6) is 0.818. The van der Waals surface area contributed by atoms with Crippen LogP contribution in [0.4, 0.5) is 4.39 Å². The molecule has 1 heterocycles. The van der Waals surface area contributed by atoms with E-state index < -0.39 is 0 Å². The molecule has 1 aromatic carbocycles. The molecule has 0 radical (unpaired) electrons. The molecule has 106 valence electrons. The normalized spacial score (nSPS) is 10.8. The van der Waals surface area contributed by atoms with E-state index in [4.69, 9.17) is 4.74 Å². The molecular weight excluding hydrogens is 257 g/mol. The van der Waals surface area contributed by atoms with Crippen LogP contribution in [0.1, 0.15) is 19.4 Å². The van der Waals surface area contributed by atoms with Crippen LogP contribution in [-0.4, -0.2) is 16.5 Å². The first-order chi connectivity index (χ1) is 9.63. The second-order valence-electron chi connectivity index (χ2n) is 4.95. The van der Waals surface area contributed by atoms with E-state index in [1.54, 1.807) is 12.4 Å². The number of hydrogen-bond acceptors (Lipinski definition) is 4. The lowest BCUT2D eigenvalue weighted by atomic mass is 10.2. The molecule has 4 nitrogen and oxygen atoms in total. The van der Waals surface area contributed by atoms with Gasteiger partial charge in [-0.2, -0.15) is 0 Å². The fourth-order valence-corrected chi connectivity index (χ4v) is 1.60. The van der Waals surface area contributed by atoms with E-state index >= 15 is 0 Å². The minimum Gasteiger partial charge on any atom is -0.424 e. The molecule has 0 saturated heterocycles. The van der Waals surface area contributed by atoms with Gasteiger partial charge in [0, 0.05) is 24.5 Å². The van der Waals surface area contributed by atoms with Gasteiger partial charge in [-0.05, 0) is 36.7 Å². The number of rotatable bonds is 6. The average molecular weight is 275 g/mol. The molecule has 0 aliphatic rings. The fourth-order valence-electron chi connectivity index (χ4n) is 1.60. The summed E-state index contributed by atoms with van der Waals surface area (Å²) >= 11 is 0. The van der Waals surface area contributed by atoms with Gasteiger partial charge in [0.2, 0.25) is 0 Å². The van der Waals surface area contributed by atoms with E-state index in [1.807, 2.05) is 0 Å². The SMILES string of the molecule is CC(C)CNCc1cnc(Oc2ccc(F)cc2)nc1. The topological polar surface area (TPSA) is 47.0 Å². The van der Waals surface area contributed by atoms with E-state index in [0.717, 1.165) is 18.7 Å². The summed E-state index contributed by atoms with van der Waals surface area (Å²) in [6, 6.07) is 6.00. The smallest absolute Gasteiger partial charge is 0.321 e. The second kappa shape index (κ2) is 6.96. The molecule has 0 spiro atoms. The van der Waals surface area contributed by atoms with Crippen LogP contribution in [0, 0.1) is 11.7 Å². The molecule has 0 atom stereocenters. The van der Waals surface area contributed by atoms with Crippen molar-refractivity contribution in [1.82, 2.24) is 15.3 Å². The predicted octanol–water partition coefficient (Wildman–Crippen LogP) is 3.15.